The summed E-state index contributed by atoms with van der Waals surface area (Å²) in [6.07, 6.45) is 2.97. The summed E-state index contributed by atoms with van der Waals surface area (Å²) in [7, 11) is 0. The van der Waals surface area contributed by atoms with Crippen molar-refractivity contribution in [2.75, 3.05) is 0 Å². The van der Waals surface area contributed by atoms with Crippen LogP contribution in [0.4, 0.5) is 0 Å². The second-order valence-corrected chi connectivity index (χ2v) is 7.98. The van der Waals surface area contributed by atoms with Crippen molar-refractivity contribution in [3.05, 3.63) is 80.9 Å². The molecule has 0 aliphatic heterocycles. The summed E-state index contributed by atoms with van der Waals surface area (Å²) < 4.78 is 0. The van der Waals surface area contributed by atoms with Crippen molar-refractivity contribution in [3.63, 3.8) is 0 Å². The van der Waals surface area contributed by atoms with Crippen LogP contribution in [0.3, 0.4) is 0 Å². The molecule has 3 aromatic carbocycles. The van der Waals surface area contributed by atoms with E-state index in [-0.39, 0.29) is 13.2 Å². The molecular weight excluding hydrogens is 372 g/mol. The van der Waals surface area contributed by atoms with Crippen LogP contribution in [-0.4, -0.2) is 10.2 Å². The molecule has 30 heavy (non-hydrogen) atoms. The Bertz CT molecular complexity index is 1190. The van der Waals surface area contributed by atoms with E-state index in [0.717, 1.165) is 57.3 Å². The van der Waals surface area contributed by atoms with Crippen LogP contribution in [0.5, 0.6) is 0 Å². The number of rotatable bonds is 2. The third-order valence-corrected chi connectivity index (χ3v) is 6.46. The van der Waals surface area contributed by atoms with Crippen molar-refractivity contribution < 1.29 is 10.2 Å². The fourth-order valence-corrected chi connectivity index (χ4v) is 5.11. The summed E-state index contributed by atoms with van der Waals surface area (Å²) >= 11 is 0. The third-order valence-electron chi connectivity index (χ3n) is 6.46. The minimum Gasteiger partial charge on any atom is -0.392 e. The summed E-state index contributed by atoms with van der Waals surface area (Å²) in [5.74, 6) is 0. The average molecular weight is 392 g/mol. The second kappa shape index (κ2) is 7.11. The minimum atomic E-state index is 0.00182. The molecule has 0 atom stereocenters. The molecule has 4 nitrogen and oxygen atoms in total. The van der Waals surface area contributed by atoms with Crippen LogP contribution < -0.4 is 0 Å². The van der Waals surface area contributed by atoms with E-state index < -0.39 is 0 Å². The van der Waals surface area contributed by atoms with Crippen LogP contribution in [0.15, 0.2) is 36.4 Å². The second-order valence-electron chi connectivity index (χ2n) is 7.98. The quantitative estimate of drug-likeness (QED) is 0.691. The summed E-state index contributed by atoms with van der Waals surface area (Å²) in [5.41, 5.74) is 11.3. The number of benzene rings is 3. The van der Waals surface area contributed by atoms with Gasteiger partial charge in [-0.05, 0) is 81.3 Å². The predicted octanol–water partition coefficient (Wildman–Crippen LogP) is 3.95. The largest absolute Gasteiger partial charge is 0.392 e. The van der Waals surface area contributed by atoms with Crippen LogP contribution in [0.1, 0.15) is 44.5 Å². The first-order chi connectivity index (χ1) is 14.7. The van der Waals surface area contributed by atoms with Crippen LogP contribution in [0, 0.1) is 22.7 Å². The number of aliphatic hydroxyl groups is 2. The Hall–Kier alpha value is -3.44. The molecule has 0 radical (unpaired) electrons. The molecule has 2 N–H and O–H groups in total. The molecule has 0 fully saturated rings. The van der Waals surface area contributed by atoms with Crippen LogP contribution in [0.25, 0.3) is 22.3 Å². The first-order valence-electron chi connectivity index (χ1n) is 10.2. The van der Waals surface area contributed by atoms with Gasteiger partial charge in [-0.25, -0.2) is 0 Å². The summed E-state index contributed by atoms with van der Waals surface area (Å²) in [4.78, 5) is 0. The van der Waals surface area contributed by atoms with Gasteiger partial charge < -0.3 is 10.2 Å². The molecule has 3 aromatic rings. The SMILES string of the molecule is N#Cc1c(C#N)c2c(c3c1CCc1cc(CO)ccc1-3)-c1ccc(CO)cc1CC2. The number of fused-ring (bicyclic) bond motifs is 7. The maximum absolute atomic E-state index is 9.94. The highest BCUT2D eigenvalue weighted by Gasteiger charge is 2.31. The number of nitriles is 2. The molecule has 0 bridgehead atoms. The highest BCUT2D eigenvalue weighted by molar-refractivity contribution is 5.95. The number of hydrogen-bond acceptors (Lipinski definition) is 4. The van der Waals surface area contributed by atoms with Gasteiger partial charge in [0.1, 0.15) is 12.1 Å². The molecular formula is C26H20N2O2. The molecule has 4 heteroatoms. The normalized spacial score (nSPS) is 13.3. The maximum Gasteiger partial charge on any atom is 0.101 e. The van der Waals surface area contributed by atoms with Crippen molar-refractivity contribution in [3.8, 4) is 34.4 Å². The number of hydrogen-bond donors (Lipinski definition) is 2. The van der Waals surface area contributed by atoms with Gasteiger partial charge in [0, 0.05) is 0 Å². The summed E-state index contributed by atoms with van der Waals surface area (Å²) in [6.45, 7) is 0.00363. The van der Waals surface area contributed by atoms with Gasteiger partial charge in [-0.1, -0.05) is 36.4 Å². The van der Waals surface area contributed by atoms with Crippen molar-refractivity contribution in [1.82, 2.24) is 0 Å². The first-order valence-corrected chi connectivity index (χ1v) is 10.2. The summed E-state index contributed by atoms with van der Waals surface area (Å²) in [6, 6.07) is 16.7. The molecule has 0 unspecified atom stereocenters. The Morgan fingerprint density at radius 1 is 0.667 bits per heavy atom. The van der Waals surface area contributed by atoms with E-state index >= 15 is 0 Å². The van der Waals surface area contributed by atoms with E-state index in [4.69, 9.17) is 0 Å². The van der Waals surface area contributed by atoms with E-state index in [2.05, 4.69) is 12.1 Å². The molecule has 146 valence electrons. The highest BCUT2D eigenvalue weighted by Crippen LogP contribution is 2.48. The Labute approximate surface area is 175 Å². The van der Waals surface area contributed by atoms with E-state index in [1.807, 2.05) is 36.4 Å². The molecule has 0 saturated heterocycles. The van der Waals surface area contributed by atoms with Crippen molar-refractivity contribution >= 4 is 0 Å². The van der Waals surface area contributed by atoms with Crippen molar-refractivity contribution in [1.29, 1.82) is 10.5 Å². The topological polar surface area (TPSA) is 88.0 Å². The predicted molar refractivity (Wildman–Crippen MR) is 113 cm³/mol. The van der Waals surface area contributed by atoms with Crippen LogP contribution in [0.2, 0.25) is 0 Å². The van der Waals surface area contributed by atoms with E-state index in [1.54, 1.807) is 0 Å². The smallest absolute Gasteiger partial charge is 0.101 e. The number of aryl methyl sites for hydroxylation is 2. The molecule has 0 heterocycles. The first kappa shape index (κ1) is 18.6. The molecule has 0 amide bonds. The molecule has 0 aromatic heterocycles. The van der Waals surface area contributed by atoms with E-state index in [0.29, 0.717) is 24.0 Å². The van der Waals surface area contributed by atoms with Gasteiger partial charge in [-0.3, -0.25) is 0 Å². The van der Waals surface area contributed by atoms with Gasteiger partial charge in [0.15, 0.2) is 0 Å². The van der Waals surface area contributed by atoms with Crippen LogP contribution in [-0.2, 0) is 38.9 Å². The molecule has 5 rings (SSSR count). The zero-order valence-electron chi connectivity index (χ0n) is 16.5. The maximum atomic E-state index is 9.94. The lowest BCUT2D eigenvalue weighted by Gasteiger charge is -2.31. The molecule has 0 saturated carbocycles. The van der Waals surface area contributed by atoms with Gasteiger partial charge in [0.25, 0.3) is 0 Å². The zero-order chi connectivity index (χ0) is 20.8. The molecule has 2 aliphatic rings. The van der Waals surface area contributed by atoms with Crippen molar-refractivity contribution in [2.24, 2.45) is 0 Å². The molecule has 0 spiro atoms. The Kier molecular flexibility index (Phi) is 4.40. The lowest BCUT2D eigenvalue weighted by atomic mass is 9.72. The minimum absolute atomic E-state index is 0.00182. The summed E-state index contributed by atoms with van der Waals surface area (Å²) in [5, 5.41) is 39.0. The van der Waals surface area contributed by atoms with Gasteiger partial charge in [-0.2, -0.15) is 10.5 Å². The van der Waals surface area contributed by atoms with Gasteiger partial charge in [0.2, 0.25) is 0 Å². The fraction of sp³-hybridized carbons (Fsp3) is 0.231. The lowest BCUT2D eigenvalue weighted by molar-refractivity contribution is 0.281. The third kappa shape index (κ3) is 2.59. The molecule has 2 aliphatic carbocycles. The number of nitrogens with zero attached hydrogens (tertiary/aromatic N) is 2. The Balaban J connectivity index is 1.90. The van der Waals surface area contributed by atoms with Gasteiger partial charge >= 0.3 is 0 Å². The number of aliphatic hydroxyl groups excluding tert-OH is 2. The fourth-order valence-electron chi connectivity index (χ4n) is 5.11. The van der Waals surface area contributed by atoms with Crippen LogP contribution >= 0.6 is 0 Å². The highest BCUT2D eigenvalue weighted by atomic mass is 16.3. The zero-order valence-corrected chi connectivity index (χ0v) is 16.5. The lowest BCUT2D eigenvalue weighted by Crippen LogP contribution is -2.16. The Morgan fingerprint density at radius 2 is 1.10 bits per heavy atom. The monoisotopic (exact) mass is 392 g/mol. The van der Waals surface area contributed by atoms with Crippen molar-refractivity contribution in [2.45, 2.75) is 38.9 Å². The standard InChI is InChI=1S/C26H20N2O2/c27-11-23-21-7-3-17-9-15(13-29)1-5-19(17)25(21)26-20-6-2-16(14-30)10-18(20)4-8-22(26)24(23)12-28/h1-2,5-6,9-10,29-30H,3-4,7-8,13-14H2. The average Bonchev–Trinajstić information content (AvgIpc) is 2.81. The van der Waals surface area contributed by atoms with Gasteiger partial charge in [-0.15, -0.1) is 0 Å². The van der Waals surface area contributed by atoms with E-state index in [1.165, 1.54) is 11.1 Å². The van der Waals surface area contributed by atoms with Gasteiger partial charge in [0.05, 0.1) is 24.3 Å². The Morgan fingerprint density at radius 3 is 1.47 bits per heavy atom. The van der Waals surface area contributed by atoms with E-state index in [9.17, 15) is 20.7 Å².